The van der Waals surface area contributed by atoms with Crippen molar-refractivity contribution in [1.29, 1.82) is 0 Å². The predicted molar refractivity (Wildman–Crippen MR) is 98.0 cm³/mol. The van der Waals surface area contributed by atoms with Crippen molar-refractivity contribution < 1.29 is 9.53 Å². The van der Waals surface area contributed by atoms with Crippen LogP contribution in [0.4, 0.5) is 0 Å². The lowest BCUT2D eigenvalue weighted by Gasteiger charge is -2.26. The van der Waals surface area contributed by atoms with Crippen molar-refractivity contribution in [2.45, 2.75) is 19.6 Å². The first-order valence-corrected chi connectivity index (χ1v) is 8.70. The summed E-state index contributed by atoms with van der Waals surface area (Å²) in [6.07, 6.45) is 0. The molecule has 1 saturated heterocycles. The Balaban J connectivity index is 1.49. The molecule has 132 valence electrons. The Morgan fingerprint density at radius 3 is 2.20 bits per heavy atom. The third kappa shape index (κ3) is 5.13. The molecule has 0 spiro atoms. The van der Waals surface area contributed by atoms with E-state index in [4.69, 9.17) is 10.5 Å². The Morgan fingerprint density at radius 1 is 0.960 bits per heavy atom. The van der Waals surface area contributed by atoms with Crippen molar-refractivity contribution in [3.8, 4) is 0 Å². The molecule has 2 aromatic rings. The van der Waals surface area contributed by atoms with Gasteiger partial charge in [-0.2, -0.15) is 0 Å². The number of hydrogen-bond acceptors (Lipinski definition) is 4. The normalized spacial score (nSPS) is 15.1. The first kappa shape index (κ1) is 17.6. The zero-order valence-corrected chi connectivity index (χ0v) is 14.4. The van der Waals surface area contributed by atoms with Gasteiger partial charge in [-0.25, -0.2) is 0 Å². The van der Waals surface area contributed by atoms with E-state index in [0.29, 0.717) is 18.7 Å². The first-order valence-electron chi connectivity index (χ1n) is 8.70. The van der Waals surface area contributed by atoms with Crippen LogP contribution in [0.1, 0.15) is 27.0 Å². The van der Waals surface area contributed by atoms with Crippen molar-refractivity contribution in [3.05, 3.63) is 70.8 Å². The van der Waals surface area contributed by atoms with E-state index in [2.05, 4.69) is 34.5 Å². The van der Waals surface area contributed by atoms with Gasteiger partial charge in [0, 0.05) is 38.3 Å². The van der Waals surface area contributed by atoms with E-state index in [1.807, 2.05) is 24.3 Å². The molecule has 1 amide bonds. The van der Waals surface area contributed by atoms with Crippen molar-refractivity contribution in [2.75, 3.05) is 26.3 Å². The maximum Gasteiger partial charge on any atom is 0.251 e. The SMILES string of the molecule is NCc1ccc(C(=O)NCc2ccc(CN3CCOCC3)cc2)cc1. The zero-order chi connectivity index (χ0) is 17.5. The molecule has 0 unspecified atom stereocenters. The molecule has 0 radical (unpaired) electrons. The summed E-state index contributed by atoms with van der Waals surface area (Å²) in [6.45, 7) is 5.56. The maximum absolute atomic E-state index is 12.2. The summed E-state index contributed by atoms with van der Waals surface area (Å²) in [5.41, 5.74) is 9.63. The van der Waals surface area contributed by atoms with Gasteiger partial charge < -0.3 is 15.8 Å². The average Bonchev–Trinajstić information content (AvgIpc) is 2.68. The second kappa shape index (κ2) is 8.76. The van der Waals surface area contributed by atoms with Gasteiger partial charge in [0.15, 0.2) is 0 Å². The number of nitrogens with one attached hydrogen (secondary N) is 1. The largest absolute Gasteiger partial charge is 0.379 e. The molecule has 1 heterocycles. The van der Waals surface area contributed by atoms with Gasteiger partial charge in [0.25, 0.3) is 5.91 Å². The minimum atomic E-state index is -0.0686. The van der Waals surface area contributed by atoms with Crippen LogP contribution in [0.3, 0.4) is 0 Å². The topological polar surface area (TPSA) is 67.6 Å². The molecule has 5 heteroatoms. The molecule has 3 rings (SSSR count). The Morgan fingerprint density at radius 2 is 1.56 bits per heavy atom. The maximum atomic E-state index is 12.2. The van der Waals surface area contributed by atoms with Gasteiger partial charge >= 0.3 is 0 Å². The van der Waals surface area contributed by atoms with Crippen molar-refractivity contribution >= 4 is 5.91 Å². The lowest BCUT2D eigenvalue weighted by molar-refractivity contribution is 0.0342. The highest BCUT2D eigenvalue weighted by Gasteiger charge is 2.10. The number of nitrogens with zero attached hydrogens (tertiary/aromatic N) is 1. The molecule has 0 aromatic heterocycles. The lowest BCUT2D eigenvalue weighted by atomic mass is 10.1. The van der Waals surface area contributed by atoms with Crippen LogP contribution in [0.2, 0.25) is 0 Å². The molecule has 5 nitrogen and oxygen atoms in total. The fourth-order valence-corrected chi connectivity index (χ4v) is 2.86. The number of carbonyl (C=O) groups excluding carboxylic acids is 1. The van der Waals surface area contributed by atoms with Gasteiger partial charge in [-0.3, -0.25) is 9.69 Å². The average molecular weight is 339 g/mol. The van der Waals surface area contributed by atoms with Gasteiger partial charge in [-0.05, 0) is 28.8 Å². The molecular weight excluding hydrogens is 314 g/mol. The Hall–Kier alpha value is -2.21. The second-order valence-corrected chi connectivity index (χ2v) is 6.29. The van der Waals surface area contributed by atoms with Crippen LogP contribution in [0.15, 0.2) is 48.5 Å². The fraction of sp³-hybridized carbons (Fsp3) is 0.350. The highest BCUT2D eigenvalue weighted by Crippen LogP contribution is 2.10. The number of nitrogens with two attached hydrogens (primary N) is 1. The van der Waals surface area contributed by atoms with E-state index < -0.39 is 0 Å². The summed E-state index contributed by atoms with van der Waals surface area (Å²) in [5.74, 6) is -0.0686. The number of morpholine rings is 1. The molecule has 0 bridgehead atoms. The standard InChI is InChI=1S/C20H25N3O2/c21-13-16-5-7-19(8-6-16)20(24)22-14-17-1-3-18(4-2-17)15-23-9-11-25-12-10-23/h1-8H,9-15,21H2,(H,22,24). The third-order valence-electron chi connectivity index (χ3n) is 4.44. The fourth-order valence-electron chi connectivity index (χ4n) is 2.86. The highest BCUT2D eigenvalue weighted by molar-refractivity contribution is 5.94. The van der Waals surface area contributed by atoms with E-state index in [-0.39, 0.29) is 5.91 Å². The van der Waals surface area contributed by atoms with E-state index in [9.17, 15) is 4.79 Å². The van der Waals surface area contributed by atoms with Crippen molar-refractivity contribution in [3.63, 3.8) is 0 Å². The van der Waals surface area contributed by atoms with Crippen molar-refractivity contribution in [1.82, 2.24) is 10.2 Å². The van der Waals surface area contributed by atoms with Gasteiger partial charge in [0.1, 0.15) is 0 Å². The quantitative estimate of drug-likeness (QED) is 0.844. The third-order valence-corrected chi connectivity index (χ3v) is 4.44. The smallest absolute Gasteiger partial charge is 0.251 e. The van der Waals surface area contributed by atoms with Crippen LogP contribution in [0.5, 0.6) is 0 Å². The molecule has 1 fully saturated rings. The summed E-state index contributed by atoms with van der Waals surface area (Å²) in [7, 11) is 0. The van der Waals surface area contributed by atoms with Crippen LogP contribution < -0.4 is 11.1 Å². The molecule has 2 aromatic carbocycles. The van der Waals surface area contributed by atoms with Gasteiger partial charge in [0.05, 0.1) is 13.2 Å². The molecule has 0 atom stereocenters. The van der Waals surface area contributed by atoms with E-state index in [1.54, 1.807) is 0 Å². The van der Waals surface area contributed by atoms with Crippen LogP contribution in [-0.4, -0.2) is 37.1 Å². The zero-order valence-electron chi connectivity index (χ0n) is 14.4. The van der Waals surface area contributed by atoms with E-state index in [0.717, 1.165) is 44.0 Å². The first-order chi connectivity index (χ1) is 12.2. The number of ether oxygens (including phenoxy) is 1. The van der Waals surface area contributed by atoms with Gasteiger partial charge in [-0.1, -0.05) is 36.4 Å². The lowest BCUT2D eigenvalue weighted by Crippen LogP contribution is -2.35. The molecule has 0 aliphatic carbocycles. The van der Waals surface area contributed by atoms with E-state index in [1.165, 1.54) is 5.56 Å². The summed E-state index contributed by atoms with van der Waals surface area (Å²) >= 11 is 0. The molecule has 1 aliphatic heterocycles. The molecular formula is C20H25N3O2. The minimum Gasteiger partial charge on any atom is -0.379 e. The van der Waals surface area contributed by atoms with Gasteiger partial charge in [0.2, 0.25) is 0 Å². The second-order valence-electron chi connectivity index (χ2n) is 6.29. The van der Waals surface area contributed by atoms with Crippen molar-refractivity contribution in [2.24, 2.45) is 5.73 Å². The van der Waals surface area contributed by atoms with Gasteiger partial charge in [-0.15, -0.1) is 0 Å². The predicted octanol–water partition coefficient (Wildman–Crippen LogP) is 1.91. The Labute approximate surface area is 148 Å². The number of rotatable bonds is 6. The van der Waals surface area contributed by atoms with E-state index >= 15 is 0 Å². The number of benzene rings is 2. The highest BCUT2D eigenvalue weighted by atomic mass is 16.5. The minimum absolute atomic E-state index is 0.0686. The summed E-state index contributed by atoms with van der Waals surface area (Å²) in [4.78, 5) is 14.6. The monoisotopic (exact) mass is 339 g/mol. The van der Waals surface area contributed by atoms with Crippen LogP contribution in [0.25, 0.3) is 0 Å². The van der Waals surface area contributed by atoms with Crippen LogP contribution in [0, 0.1) is 0 Å². The van der Waals surface area contributed by atoms with Crippen LogP contribution >= 0.6 is 0 Å². The summed E-state index contributed by atoms with van der Waals surface area (Å²) < 4.78 is 5.37. The van der Waals surface area contributed by atoms with Crippen LogP contribution in [-0.2, 0) is 24.4 Å². The Kier molecular flexibility index (Phi) is 6.17. The molecule has 25 heavy (non-hydrogen) atoms. The molecule has 0 saturated carbocycles. The molecule has 3 N–H and O–H groups in total. The summed E-state index contributed by atoms with van der Waals surface area (Å²) in [5, 5.41) is 2.96. The number of hydrogen-bond donors (Lipinski definition) is 2. The number of amides is 1. The summed E-state index contributed by atoms with van der Waals surface area (Å²) in [6, 6.07) is 15.8. The molecule has 1 aliphatic rings. The number of carbonyl (C=O) groups is 1. The Bertz CT molecular complexity index is 677.